The second kappa shape index (κ2) is 3.75. The Morgan fingerprint density at radius 2 is 2.08 bits per heavy atom. The van der Waals surface area contributed by atoms with Crippen LogP contribution >= 0.6 is 0 Å². The molecule has 2 rings (SSSR count). The Kier molecular flexibility index (Phi) is 2.66. The molecule has 0 radical (unpaired) electrons. The standard InChI is InChI=1S/C10H19NO/c12-6-5-8-7-11-10-4-2-1-3-9(8)10/h8-12H,1-7H2/t8-,9+,10+/m1/s1. The first-order valence-electron chi connectivity index (χ1n) is 5.26. The molecular weight excluding hydrogens is 150 g/mol. The van der Waals surface area contributed by atoms with Gasteiger partial charge in [-0.3, -0.25) is 0 Å². The van der Waals surface area contributed by atoms with E-state index in [1.54, 1.807) is 0 Å². The minimum absolute atomic E-state index is 0.371. The van der Waals surface area contributed by atoms with Crippen LogP contribution in [0.5, 0.6) is 0 Å². The summed E-state index contributed by atoms with van der Waals surface area (Å²) in [5.74, 6) is 1.64. The molecule has 0 spiro atoms. The summed E-state index contributed by atoms with van der Waals surface area (Å²) >= 11 is 0. The maximum atomic E-state index is 8.89. The van der Waals surface area contributed by atoms with Crippen molar-refractivity contribution < 1.29 is 5.11 Å². The molecule has 0 amide bonds. The van der Waals surface area contributed by atoms with Crippen LogP contribution in [0, 0.1) is 11.8 Å². The first-order valence-corrected chi connectivity index (χ1v) is 5.26. The predicted octanol–water partition coefficient (Wildman–Crippen LogP) is 1.15. The summed E-state index contributed by atoms with van der Waals surface area (Å²) in [4.78, 5) is 0. The third-order valence-corrected chi connectivity index (χ3v) is 3.57. The van der Waals surface area contributed by atoms with Crippen molar-refractivity contribution >= 4 is 0 Å². The predicted molar refractivity (Wildman–Crippen MR) is 48.9 cm³/mol. The molecule has 2 nitrogen and oxygen atoms in total. The molecule has 2 heteroatoms. The number of aliphatic hydroxyl groups is 1. The molecule has 1 saturated heterocycles. The number of nitrogens with one attached hydrogen (secondary N) is 1. The lowest BCUT2D eigenvalue weighted by Gasteiger charge is -2.28. The number of fused-ring (bicyclic) bond motifs is 1. The third kappa shape index (κ3) is 1.50. The summed E-state index contributed by atoms with van der Waals surface area (Å²) in [6, 6.07) is 0.787. The van der Waals surface area contributed by atoms with Crippen molar-refractivity contribution in [3.05, 3.63) is 0 Å². The van der Waals surface area contributed by atoms with E-state index < -0.39 is 0 Å². The molecule has 0 unspecified atom stereocenters. The Morgan fingerprint density at radius 3 is 2.92 bits per heavy atom. The van der Waals surface area contributed by atoms with E-state index in [-0.39, 0.29) is 0 Å². The Morgan fingerprint density at radius 1 is 1.25 bits per heavy atom. The number of rotatable bonds is 2. The van der Waals surface area contributed by atoms with Crippen LogP contribution in [-0.2, 0) is 0 Å². The van der Waals surface area contributed by atoms with E-state index in [0.29, 0.717) is 6.61 Å². The van der Waals surface area contributed by atoms with Gasteiger partial charge in [0.05, 0.1) is 0 Å². The van der Waals surface area contributed by atoms with Gasteiger partial charge in [0.2, 0.25) is 0 Å². The van der Waals surface area contributed by atoms with E-state index in [1.807, 2.05) is 0 Å². The first-order chi connectivity index (χ1) is 5.92. The largest absolute Gasteiger partial charge is 0.396 e. The van der Waals surface area contributed by atoms with Crippen molar-refractivity contribution in [1.29, 1.82) is 0 Å². The fourth-order valence-electron chi connectivity index (χ4n) is 2.91. The van der Waals surface area contributed by atoms with E-state index in [9.17, 15) is 0 Å². The molecule has 0 aromatic rings. The summed E-state index contributed by atoms with van der Waals surface area (Å²) in [7, 11) is 0. The van der Waals surface area contributed by atoms with Crippen LogP contribution < -0.4 is 5.32 Å². The molecule has 1 aliphatic carbocycles. The molecule has 1 saturated carbocycles. The zero-order valence-electron chi connectivity index (χ0n) is 7.63. The average molecular weight is 169 g/mol. The van der Waals surface area contributed by atoms with Gasteiger partial charge in [-0.1, -0.05) is 12.8 Å². The van der Waals surface area contributed by atoms with Gasteiger partial charge in [0.25, 0.3) is 0 Å². The summed E-state index contributed by atoms with van der Waals surface area (Å²) in [6.07, 6.45) is 6.58. The highest BCUT2D eigenvalue weighted by atomic mass is 16.3. The summed E-state index contributed by atoms with van der Waals surface area (Å²) in [6.45, 7) is 1.52. The minimum atomic E-state index is 0.371. The zero-order valence-corrected chi connectivity index (χ0v) is 7.63. The fourth-order valence-corrected chi connectivity index (χ4v) is 2.91. The normalized spacial score (nSPS) is 41.2. The van der Waals surface area contributed by atoms with E-state index in [1.165, 1.54) is 25.7 Å². The highest BCUT2D eigenvalue weighted by molar-refractivity contribution is 4.92. The lowest BCUT2D eigenvalue weighted by molar-refractivity contribution is 0.213. The van der Waals surface area contributed by atoms with Gasteiger partial charge < -0.3 is 10.4 Å². The van der Waals surface area contributed by atoms with Gasteiger partial charge in [-0.25, -0.2) is 0 Å². The van der Waals surface area contributed by atoms with Crippen molar-refractivity contribution in [2.75, 3.05) is 13.2 Å². The van der Waals surface area contributed by atoms with Crippen molar-refractivity contribution in [3.8, 4) is 0 Å². The van der Waals surface area contributed by atoms with Crippen LogP contribution in [0.1, 0.15) is 32.1 Å². The van der Waals surface area contributed by atoms with Crippen molar-refractivity contribution in [1.82, 2.24) is 5.32 Å². The number of hydrogen-bond donors (Lipinski definition) is 2. The Bertz CT molecular complexity index is 149. The minimum Gasteiger partial charge on any atom is -0.396 e. The van der Waals surface area contributed by atoms with Crippen LogP contribution in [0.4, 0.5) is 0 Å². The van der Waals surface area contributed by atoms with E-state index >= 15 is 0 Å². The second-order valence-electron chi connectivity index (χ2n) is 4.24. The highest BCUT2D eigenvalue weighted by Crippen LogP contribution is 2.35. The SMILES string of the molecule is OCC[C@@H]1CN[C@H]2CCCC[C@@H]12. The smallest absolute Gasteiger partial charge is 0.0434 e. The van der Waals surface area contributed by atoms with Gasteiger partial charge in [0.15, 0.2) is 0 Å². The maximum Gasteiger partial charge on any atom is 0.0434 e. The van der Waals surface area contributed by atoms with Crippen molar-refractivity contribution in [3.63, 3.8) is 0 Å². The average Bonchev–Trinajstić information content (AvgIpc) is 2.50. The lowest BCUT2D eigenvalue weighted by Crippen LogP contribution is -2.30. The molecule has 2 fully saturated rings. The molecule has 12 heavy (non-hydrogen) atoms. The van der Waals surface area contributed by atoms with Crippen molar-refractivity contribution in [2.24, 2.45) is 11.8 Å². The first kappa shape index (κ1) is 8.52. The van der Waals surface area contributed by atoms with E-state index in [2.05, 4.69) is 5.32 Å². The van der Waals surface area contributed by atoms with E-state index in [4.69, 9.17) is 5.11 Å². The number of aliphatic hydroxyl groups excluding tert-OH is 1. The third-order valence-electron chi connectivity index (χ3n) is 3.57. The summed E-state index contributed by atoms with van der Waals surface area (Å²) < 4.78 is 0. The molecule has 70 valence electrons. The zero-order chi connectivity index (χ0) is 8.39. The molecule has 0 bridgehead atoms. The lowest BCUT2D eigenvalue weighted by atomic mass is 9.79. The fraction of sp³-hybridized carbons (Fsp3) is 1.00. The van der Waals surface area contributed by atoms with Gasteiger partial charge in [0, 0.05) is 12.6 Å². The second-order valence-corrected chi connectivity index (χ2v) is 4.24. The molecule has 0 aromatic carbocycles. The van der Waals surface area contributed by atoms with Crippen molar-refractivity contribution in [2.45, 2.75) is 38.1 Å². The Balaban J connectivity index is 1.92. The maximum absolute atomic E-state index is 8.89. The number of hydrogen-bond acceptors (Lipinski definition) is 2. The van der Waals surface area contributed by atoms with Crippen LogP contribution in [0.3, 0.4) is 0 Å². The molecule has 0 aromatic heterocycles. The van der Waals surface area contributed by atoms with E-state index in [0.717, 1.165) is 30.8 Å². The Labute approximate surface area is 74.4 Å². The van der Waals surface area contributed by atoms with Gasteiger partial charge in [-0.2, -0.15) is 0 Å². The Hall–Kier alpha value is -0.0800. The van der Waals surface area contributed by atoms with Crippen LogP contribution in [0.15, 0.2) is 0 Å². The highest BCUT2D eigenvalue weighted by Gasteiger charge is 2.36. The van der Waals surface area contributed by atoms with Gasteiger partial charge in [0.1, 0.15) is 0 Å². The van der Waals surface area contributed by atoms with Gasteiger partial charge in [-0.15, -0.1) is 0 Å². The molecule has 1 heterocycles. The molecular formula is C10H19NO. The topological polar surface area (TPSA) is 32.3 Å². The molecule has 3 atom stereocenters. The monoisotopic (exact) mass is 169 g/mol. The molecule has 1 aliphatic heterocycles. The van der Waals surface area contributed by atoms with Crippen LogP contribution in [0.2, 0.25) is 0 Å². The summed E-state index contributed by atoms with van der Waals surface area (Å²) in [5, 5.41) is 12.5. The van der Waals surface area contributed by atoms with Crippen LogP contribution in [-0.4, -0.2) is 24.3 Å². The van der Waals surface area contributed by atoms with Crippen LogP contribution in [0.25, 0.3) is 0 Å². The quantitative estimate of drug-likeness (QED) is 0.650. The van der Waals surface area contributed by atoms with Gasteiger partial charge in [-0.05, 0) is 37.6 Å². The molecule has 2 aliphatic rings. The van der Waals surface area contributed by atoms with Gasteiger partial charge >= 0.3 is 0 Å². The molecule has 2 N–H and O–H groups in total. The summed E-state index contributed by atoms with van der Waals surface area (Å²) in [5.41, 5.74) is 0.